The molecule has 8 nitrogen and oxygen atoms in total. The van der Waals surface area contributed by atoms with Crippen LogP contribution in [0, 0.1) is 17.3 Å². The molecule has 0 amide bonds. The molecule has 6 N–H and O–H groups in total. The third-order valence-electron chi connectivity index (χ3n) is 5.80. The van der Waals surface area contributed by atoms with Gasteiger partial charge in [0.1, 0.15) is 18.2 Å². The fourth-order valence-electron chi connectivity index (χ4n) is 3.77. The summed E-state index contributed by atoms with van der Waals surface area (Å²) in [5.74, 6) is 11.3. The third-order valence-corrected chi connectivity index (χ3v) is 6.31. The summed E-state index contributed by atoms with van der Waals surface area (Å²) in [5.41, 5.74) is 4.39. The maximum absolute atomic E-state index is 16.2. The highest BCUT2D eigenvalue weighted by Gasteiger charge is 2.48. The summed E-state index contributed by atoms with van der Waals surface area (Å²) in [4.78, 5) is 13.9. The minimum absolute atomic E-state index is 0.0412. The molecule has 0 spiro atoms. The van der Waals surface area contributed by atoms with Crippen molar-refractivity contribution in [1.29, 1.82) is 5.41 Å². The van der Waals surface area contributed by atoms with Crippen molar-refractivity contribution in [2.45, 2.75) is 18.4 Å². The lowest BCUT2D eigenvalue weighted by molar-refractivity contribution is 0.00451. The molecular weight excluding hydrogens is 566 g/mol. The lowest BCUT2D eigenvalue weighted by Gasteiger charge is -2.39. The Balaban J connectivity index is 1.82. The summed E-state index contributed by atoms with van der Waals surface area (Å²) < 4.78 is 54.6. The van der Waals surface area contributed by atoms with Gasteiger partial charge in [-0.3, -0.25) is 20.9 Å². The van der Waals surface area contributed by atoms with E-state index < -0.39 is 38.2 Å². The first-order valence-electron chi connectivity index (χ1n) is 12.3. The van der Waals surface area contributed by atoms with Crippen LogP contribution < -0.4 is 16.1 Å². The fourth-order valence-corrected chi connectivity index (χ4v) is 4.36. The number of nitrogens with zero attached hydrogens (tertiary/aromatic N) is 2. The van der Waals surface area contributed by atoms with Gasteiger partial charge >= 0.3 is 0 Å². The van der Waals surface area contributed by atoms with Crippen LogP contribution in [0.15, 0.2) is 109 Å². The van der Waals surface area contributed by atoms with Crippen LogP contribution in [-0.4, -0.2) is 33.4 Å². The number of nitrogens with one attached hydrogen (secondary N) is 1. The predicted octanol–water partition coefficient (Wildman–Crippen LogP) is 5.68. The molecule has 218 valence electrons. The Morgan fingerprint density at radius 3 is 2.36 bits per heavy atom. The van der Waals surface area contributed by atoms with Crippen molar-refractivity contribution in [2.24, 2.45) is 11.3 Å². The Kier molecular flexibility index (Phi) is 12.0. The molecule has 0 aliphatic rings. The van der Waals surface area contributed by atoms with E-state index in [4.69, 9.17) is 26.0 Å². The first-order valence-corrected chi connectivity index (χ1v) is 13.6. The van der Waals surface area contributed by atoms with Gasteiger partial charge in [-0.15, -0.1) is 0 Å². The first-order chi connectivity index (χ1) is 20.2. The SMILES string of the molecule is C=C(F)/C=C\C(=C\F)C(CN(N)C=N)(OP(N)O)C(F)c1ccc(C#Cc2ccc(OCc3ccccc3)cc2)cn1. The summed E-state index contributed by atoms with van der Waals surface area (Å²) in [7, 11) is -2.78. The number of ether oxygens (including phenoxy) is 1. The van der Waals surface area contributed by atoms with Crippen LogP contribution in [0.5, 0.6) is 5.75 Å². The highest BCUT2D eigenvalue weighted by Crippen LogP contribution is 2.45. The summed E-state index contributed by atoms with van der Waals surface area (Å²) in [6, 6.07) is 19.7. The number of hydrogen-bond acceptors (Lipinski definition) is 7. The van der Waals surface area contributed by atoms with Crippen LogP contribution in [0.1, 0.15) is 28.6 Å². The van der Waals surface area contributed by atoms with E-state index in [1.807, 2.05) is 30.3 Å². The number of alkyl halides is 1. The summed E-state index contributed by atoms with van der Waals surface area (Å²) in [6.07, 6.45) is 1.24. The van der Waals surface area contributed by atoms with Crippen LogP contribution in [-0.2, 0) is 11.1 Å². The number of hydrogen-bond donors (Lipinski definition) is 4. The smallest absolute Gasteiger partial charge is 0.251 e. The van der Waals surface area contributed by atoms with E-state index in [1.165, 1.54) is 18.3 Å². The summed E-state index contributed by atoms with van der Waals surface area (Å²) in [5, 5.41) is 8.05. The second-order valence-corrected chi connectivity index (χ2v) is 9.60. The zero-order valence-corrected chi connectivity index (χ0v) is 23.2. The second-order valence-electron chi connectivity index (χ2n) is 8.81. The maximum atomic E-state index is 16.2. The van der Waals surface area contributed by atoms with E-state index in [-0.39, 0.29) is 12.0 Å². The van der Waals surface area contributed by atoms with Gasteiger partial charge < -0.3 is 14.2 Å². The van der Waals surface area contributed by atoms with Crippen LogP contribution in [0.2, 0.25) is 0 Å². The number of rotatable bonds is 13. The minimum atomic E-state index is -2.78. The zero-order chi connectivity index (χ0) is 30.5. The zero-order valence-electron chi connectivity index (χ0n) is 22.3. The normalized spacial score (nSPS) is 14.3. The topological polar surface area (TPSA) is 131 Å². The Morgan fingerprint density at radius 2 is 1.79 bits per heavy atom. The molecule has 3 rings (SSSR count). The minimum Gasteiger partial charge on any atom is -0.489 e. The van der Waals surface area contributed by atoms with Gasteiger partial charge in [-0.1, -0.05) is 54.8 Å². The van der Waals surface area contributed by atoms with Crippen molar-refractivity contribution in [3.05, 3.63) is 132 Å². The lowest BCUT2D eigenvalue weighted by atomic mass is 9.86. The van der Waals surface area contributed by atoms with Gasteiger partial charge in [-0.2, -0.15) is 0 Å². The average Bonchev–Trinajstić information content (AvgIpc) is 2.99. The van der Waals surface area contributed by atoms with Crippen molar-refractivity contribution in [2.75, 3.05) is 6.54 Å². The van der Waals surface area contributed by atoms with Crippen molar-refractivity contribution in [1.82, 2.24) is 9.99 Å². The number of allylic oxidation sites excluding steroid dienone is 2. The van der Waals surface area contributed by atoms with Gasteiger partial charge in [0.15, 0.2) is 11.8 Å². The monoisotopic (exact) mass is 595 g/mol. The summed E-state index contributed by atoms with van der Waals surface area (Å²) in [6.45, 7) is 2.79. The molecule has 0 radical (unpaired) electrons. The van der Waals surface area contributed by atoms with Gasteiger partial charge in [-0.25, -0.2) is 19.0 Å². The number of halogens is 3. The maximum Gasteiger partial charge on any atom is 0.251 e. The molecule has 0 saturated carbocycles. The highest BCUT2D eigenvalue weighted by atomic mass is 31.2. The molecule has 3 unspecified atom stereocenters. The number of aromatic nitrogens is 1. The standard InChI is InChI=1S/C30H29F3N5O3P/c1-22(32)7-13-26(17-31)30(41-42(36)39,20-38(35)21-34)29(33)28-16-12-24(18-37-28)9-8-23-10-14-27(15-11-23)40-19-25-5-3-2-4-6-25/h2-7,10-18,21,29,34,39H,1,19-20,35-36H2/b13-7-,26-17-,34-21?. The van der Waals surface area contributed by atoms with Crippen molar-refractivity contribution in [3.8, 4) is 17.6 Å². The van der Waals surface area contributed by atoms with Crippen LogP contribution >= 0.6 is 8.53 Å². The predicted molar refractivity (Wildman–Crippen MR) is 157 cm³/mol. The lowest BCUT2D eigenvalue weighted by Crippen LogP contribution is -2.51. The molecule has 3 aromatic rings. The van der Waals surface area contributed by atoms with Gasteiger partial charge in [0, 0.05) is 22.9 Å². The molecule has 0 fully saturated rings. The molecule has 3 atom stereocenters. The van der Waals surface area contributed by atoms with Crippen molar-refractivity contribution >= 4 is 14.9 Å². The molecule has 0 saturated heterocycles. The van der Waals surface area contributed by atoms with Gasteiger partial charge in [0.2, 0.25) is 0 Å². The molecule has 42 heavy (non-hydrogen) atoms. The quantitative estimate of drug-likeness (QED) is 0.0381. The Labute approximate surface area is 243 Å². The molecule has 0 bridgehead atoms. The molecule has 1 aromatic heterocycles. The number of pyridine rings is 1. The average molecular weight is 596 g/mol. The largest absolute Gasteiger partial charge is 0.489 e. The van der Waals surface area contributed by atoms with Crippen molar-refractivity contribution < 1.29 is 27.3 Å². The van der Waals surface area contributed by atoms with Gasteiger partial charge in [-0.05, 0) is 48.0 Å². The van der Waals surface area contributed by atoms with Crippen LogP contribution in [0.25, 0.3) is 0 Å². The highest BCUT2D eigenvalue weighted by molar-refractivity contribution is 7.43. The van der Waals surface area contributed by atoms with E-state index in [1.54, 1.807) is 24.3 Å². The van der Waals surface area contributed by atoms with Gasteiger partial charge in [0.25, 0.3) is 8.53 Å². The summed E-state index contributed by atoms with van der Waals surface area (Å²) >= 11 is 0. The number of hydrazine groups is 1. The second kappa shape index (κ2) is 15.6. The fraction of sp³-hybridized carbons (Fsp3) is 0.133. The van der Waals surface area contributed by atoms with E-state index in [0.29, 0.717) is 34.8 Å². The first kappa shape index (κ1) is 32.2. The molecule has 2 aromatic carbocycles. The molecule has 0 aliphatic heterocycles. The molecule has 12 heteroatoms. The molecule has 1 heterocycles. The Bertz CT molecular complexity index is 1460. The van der Waals surface area contributed by atoms with E-state index >= 15 is 4.39 Å². The Morgan fingerprint density at radius 1 is 1.12 bits per heavy atom. The molecule has 0 aliphatic carbocycles. The van der Waals surface area contributed by atoms with Crippen LogP contribution in [0.4, 0.5) is 13.2 Å². The van der Waals surface area contributed by atoms with E-state index in [0.717, 1.165) is 17.7 Å². The van der Waals surface area contributed by atoms with E-state index in [2.05, 4.69) is 23.4 Å². The van der Waals surface area contributed by atoms with Crippen LogP contribution in [0.3, 0.4) is 0 Å². The number of benzene rings is 2. The van der Waals surface area contributed by atoms with Crippen molar-refractivity contribution in [3.63, 3.8) is 0 Å². The molecular formula is C30H29F3N5O3P. The van der Waals surface area contributed by atoms with E-state index in [9.17, 15) is 13.7 Å². The third kappa shape index (κ3) is 9.11. The Hall–Kier alpha value is -4.30. The number of nitrogens with two attached hydrogens (primary N) is 2. The van der Waals surface area contributed by atoms with Gasteiger partial charge in [0.05, 0.1) is 24.9 Å².